The average Bonchev–Trinajstić information content (AvgIpc) is 2.10. The number of rotatable bonds is 4. The fourth-order valence-corrected chi connectivity index (χ4v) is 1.76. The SMILES string of the molecule is CC(Cl)CCCc1ccc(Cl)c(Cl)c1. The fraction of sp³-hybridized carbons (Fsp3) is 0.455. The number of hydrogen-bond acceptors (Lipinski definition) is 0. The van der Waals surface area contributed by atoms with Gasteiger partial charge in [-0.3, -0.25) is 0 Å². The van der Waals surface area contributed by atoms with Gasteiger partial charge in [0.1, 0.15) is 0 Å². The van der Waals surface area contributed by atoms with Crippen LogP contribution in [-0.2, 0) is 6.42 Å². The van der Waals surface area contributed by atoms with Crippen molar-refractivity contribution in [2.24, 2.45) is 0 Å². The molecule has 1 aromatic rings. The lowest BCUT2D eigenvalue weighted by molar-refractivity contribution is 0.724. The first-order valence-electron chi connectivity index (χ1n) is 4.67. The highest BCUT2D eigenvalue weighted by Gasteiger charge is 2.01. The summed E-state index contributed by atoms with van der Waals surface area (Å²) >= 11 is 17.6. The van der Waals surface area contributed by atoms with Gasteiger partial charge in [0.25, 0.3) is 0 Å². The molecule has 0 aliphatic heterocycles. The lowest BCUT2D eigenvalue weighted by Crippen LogP contribution is -1.93. The maximum atomic E-state index is 5.90. The molecule has 0 N–H and O–H groups in total. The van der Waals surface area contributed by atoms with Gasteiger partial charge >= 0.3 is 0 Å². The third-order valence-electron chi connectivity index (χ3n) is 2.05. The second kappa shape index (κ2) is 5.85. The van der Waals surface area contributed by atoms with Crippen LogP contribution in [-0.4, -0.2) is 5.38 Å². The molecule has 0 heterocycles. The topological polar surface area (TPSA) is 0 Å². The molecule has 0 radical (unpaired) electrons. The number of aryl methyl sites for hydroxylation is 1. The van der Waals surface area contributed by atoms with Crippen LogP contribution in [0.2, 0.25) is 10.0 Å². The van der Waals surface area contributed by atoms with E-state index >= 15 is 0 Å². The molecule has 1 atom stereocenters. The van der Waals surface area contributed by atoms with Gasteiger partial charge in [0.05, 0.1) is 10.0 Å². The molecule has 78 valence electrons. The van der Waals surface area contributed by atoms with Crippen molar-refractivity contribution in [2.75, 3.05) is 0 Å². The largest absolute Gasteiger partial charge is 0.123 e. The zero-order chi connectivity index (χ0) is 10.6. The minimum Gasteiger partial charge on any atom is -0.123 e. The van der Waals surface area contributed by atoms with Crippen molar-refractivity contribution in [3.05, 3.63) is 33.8 Å². The molecule has 0 saturated carbocycles. The van der Waals surface area contributed by atoms with E-state index in [1.54, 1.807) is 0 Å². The van der Waals surface area contributed by atoms with E-state index in [2.05, 4.69) is 0 Å². The maximum Gasteiger partial charge on any atom is 0.0595 e. The van der Waals surface area contributed by atoms with Crippen LogP contribution in [0.3, 0.4) is 0 Å². The van der Waals surface area contributed by atoms with E-state index < -0.39 is 0 Å². The number of alkyl halides is 1. The van der Waals surface area contributed by atoms with E-state index in [0.717, 1.165) is 19.3 Å². The van der Waals surface area contributed by atoms with Crippen LogP contribution in [0.1, 0.15) is 25.3 Å². The van der Waals surface area contributed by atoms with Crippen molar-refractivity contribution in [3.8, 4) is 0 Å². The van der Waals surface area contributed by atoms with Gasteiger partial charge < -0.3 is 0 Å². The van der Waals surface area contributed by atoms with Crippen molar-refractivity contribution < 1.29 is 0 Å². The molecule has 3 heteroatoms. The van der Waals surface area contributed by atoms with Gasteiger partial charge in [0.2, 0.25) is 0 Å². The Kier molecular flexibility index (Phi) is 5.08. The van der Waals surface area contributed by atoms with Crippen LogP contribution < -0.4 is 0 Å². The summed E-state index contributed by atoms with van der Waals surface area (Å²) in [5.74, 6) is 0. The third kappa shape index (κ3) is 4.08. The normalized spacial score (nSPS) is 12.9. The number of halogens is 3. The molecule has 14 heavy (non-hydrogen) atoms. The minimum atomic E-state index is 0.248. The lowest BCUT2D eigenvalue weighted by Gasteiger charge is -2.04. The van der Waals surface area contributed by atoms with Crippen LogP contribution >= 0.6 is 34.8 Å². The lowest BCUT2D eigenvalue weighted by atomic mass is 10.1. The smallest absolute Gasteiger partial charge is 0.0595 e. The molecule has 1 unspecified atom stereocenters. The van der Waals surface area contributed by atoms with Crippen molar-refractivity contribution in [2.45, 2.75) is 31.6 Å². The fourth-order valence-electron chi connectivity index (χ4n) is 1.28. The summed E-state index contributed by atoms with van der Waals surface area (Å²) in [6.45, 7) is 2.01. The molecule has 1 aromatic carbocycles. The molecule has 0 spiro atoms. The Balaban J connectivity index is 2.47. The molecular weight excluding hydrogens is 238 g/mol. The summed E-state index contributed by atoms with van der Waals surface area (Å²) in [7, 11) is 0. The summed E-state index contributed by atoms with van der Waals surface area (Å²) < 4.78 is 0. The van der Waals surface area contributed by atoms with E-state index in [1.807, 2.05) is 25.1 Å². The molecule has 1 rings (SSSR count). The van der Waals surface area contributed by atoms with Crippen LogP contribution in [0.25, 0.3) is 0 Å². The van der Waals surface area contributed by atoms with Crippen LogP contribution in [0.5, 0.6) is 0 Å². The van der Waals surface area contributed by atoms with Crippen molar-refractivity contribution in [1.29, 1.82) is 0 Å². The van der Waals surface area contributed by atoms with E-state index in [9.17, 15) is 0 Å². The van der Waals surface area contributed by atoms with Crippen LogP contribution in [0.15, 0.2) is 18.2 Å². The molecule has 0 aliphatic carbocycles. The quantitative estimate of drug-likeness (QED) is 0.665. The molecule has 0 bridgehead atoms. The Morgan fingerprint density at radius 1 is 1.21 bits per heavy atom. The van der Waals surface area contributed by atoms with Gasteiger partial charge in [-0.25, -0.2) is 0 Å². The monoisotopic (exact) mass is 250 g/mol. The standard InChI is InChI=1S/C11H13Cl3/c1-8(12)3-2-4-9-5-6-10(13)11(14)7-9/h5-8H,2-4H2,1H3. The molecule has 0 amide bonds. The van der Waals surface area contributed by atoms with E-state index in [0.29, 0.717) is 10.0 Å². The molecular formula is C11H13Cl3. The van der Waals surface area contributed by atoms with Crippen molar-refractivity contribution >= 4 is 34.8 Å². The molecule has 0 fully saturated rings. The molecule has 0 aromatic heterocycles. The Morgan fingerprint density at radius 2 is 1.93 bits per heavy atom. The summed E-state index contributed by atoms with van der Waals surface area (Å²) in [5.41, 5.74) is 1.22. The van der Waals surface area contributed by atoms with Crippen LogP contribution in [0.4, 0.5) is 0 Å². The molecule has 0 aliphatic rings. The second-order valence-electron chi connectivity index (χ2n) is 3.42. The Bertz CT molecular complexity index is 295. The average molecular weight is 252 g/mol. The highest BCUT2D eigenvalue weighted by molar-refractivity contribution is 6.42. The second-order valence-corrected chi connectivity index (χ2v) is 4.98. The van der Waals surface area contributed by atoms with Gasteiger partial charge in [-0.05, 0) is 43.9 Å². The summed E-state index contributed by atoms with van der Waals surface area (Å²) in [6.07, 6.45) is 3.12. The third-order valence-corrected chi connectivity index (χ3v) is 3.01. The molecule has 0 nitrogen and oxygen atoms in total. The van der Waals surface area contributed by atoms with E-state index in [-0.39, 0.29) is 5.38 Å². The van der Waals surface area contributed by atoms with Gasteiger partial charge in [-0.15, -0.1) is 11.6 Å². The highest BCUT2D eigenvalue weighted by atomic mass is 35.5. The first-order valence-corrected chi connectivity index (χ1v) is 5.87. The van der Waals surface area contributed by atoms with Gasteiger partial charge in [-0.1, -0.05) is 29.3 Å². The molecule has 0 saturated heterocycles. The Labute approximate surface area is 100 Å². The summed E-state index contributed by atoms with van der Waals surface area (Å²) in [5, 5.41) is 1.49. The van der Waals surface area contributed by atoms with Crippen molar-refractivity contribution in [1.82, 2.24) is 0 Å². The van der Waals surface area contributed by atoms with Crippen LogP contribution in [0, 0.1) is 0 Å². The summed E-state index contributed by atoms with van der Waals surface area (Å²) in [6, 6.07) is 5.76. The maximum absolute atomic E-state index is 5.90. The number of hydrogen-bond donors (Lipinski definition) is 0. The highest BCUT2D eigenvalue weighted by Crippen LogP contribution is 2.23. The van der Waals surface area contributed by atoms with Gasteiger partial charge in [0.15, 0.2) is 0 Å². The van der Waals surface area contributed by atoms with E-state index in [4.69, 9.17) is 34.8 Å². The van der Waals surface area contributed by atoms with Gasteiger partial charge in [0, 0.05) is 5.38 Å². The first-order chi connectivity index (χ1) is 6.59. The van der Waals surface area contributed by atoms with Gasteiger partial charge in [-0.2, -0.15) is 0 Å². The Hall–Kier alpha value is 0.0900. The predicted octanol–water partition coefficient (Wildman–Crippen LogP) is 4.94. The first kappa shape index (κ1) is 12.2. The number of benzene rings is 1. The minimum absolute atomic E-state index is 0.248. The van der Waals surface area contributed by atoms with Crippen molar-refractivity contribution in [3.63, 3.8) is 0 Å². The Morgan fingerprint density at radius 3 is 2.50 bits per heavy atom. The zero-order valence-corrected chi connectivity index (χ0v) is 10.3. The van der Waals surface area contributed by atoms with E-state index in [1.165, 1.54) is 5.56 Å². The summed E-state index contributed by atoms with van der Waals surface area (Å²) in [4.78, 5) is 0. The predicted molar refractivity (Wildman–Crippen MR) is 64.7 cm³/mol. The zero-order valence-electron chi connectivity index (χ0n) is 8.06.